The van der Waals surface area contributed by atoms with Gasteiger partial charge >= 0.3 is 6.03 Å². The number of hydrogen-bond donors (Lipinski definition) is 3. The lowest BCUT2D eigenvalue weighted by Crippen LogP contribution is -2.29. The molecule has 1 aromatic carbocycles. The standard InChI is InChI=1S/C23H25N7O/c1-15-21(16(2)30-29-15)19-14-25-18-11-12-20(27-22(18)26-19)28-23(31)24-13-7-6-10-17-8-4-3-5-9-17/h3-5,8-9,11-12,14H,6-7,10,13H2,1-2H3,(H,29,30)(H2,24,26,27,28,31). The molecule has 0 saturated carbocycles. The second-order valence-corrected chi connectivity index (χ2v) is 7.43. The summed E-state index contributed by atoms with van der Waals surface area (Å²) in [5.41, 5.74) is 5.84. The molecule has 31 heavy (non-hydrogen) atoms. The first-order valence-corrected chi connectivity index (χ1v) is 10.3. The van der Waals surface area contributed by atoms with Gasteiger partial charge in [-0.15, -0.1) is 0 Å². The van der Waals surface area contributed by atoms with Crippen molar-refractivity contribution < 1.29 is 4.79 Å². The maximum absolute atomic E-state index is 12.2. The van der Waals surface area contributed by atoms with Gasteiger partial charge in [-0.05, 0) is 50.8 Å². The highest BCUT2D eigenvalue weighted by Gasteiger charge is 2.13. The Kier molecular flexibility index (Phi) is 6.16. The van der Waals surface area contributed by atoms with Crippen LogP contribution in [0.1, 0.15) is 29.8 Å². The van der Waals surface area contributed by atoms with E-state index in [2.05, 4.69) is 47.9 Å². The molecule has 0 saturated heterocycles. The Morgan fingerprint density at radius 2 is 1.87 bits per heavy atom. The van der Waals surface area contributed by atoms with Crippen LogP contribution in [0.25, 0.3) is 22.4 Å². The van der Waals surface area contributed by atoms with Crippen molar-refractivity contribution in [3.63, 3.8) is 0 Å². The molecule has 0 atom stereocenters. The van der Waals surface area contributed by atoms with Gasteiger partial charge in [0.2, 0.25) is 0 Å². The molecule has 4 aromatic rings. The van der Waals surface area contributed by atoms with Crippen LogP contribution in [0.15, 0.2) is 48.7 Å². The van der Waals surface area contributed by atoms with Crippen molar-refractivity contribution >= 4 is 23.0 Å². The number of hydrogen-bond acceptors (Lipinski definition) is 5. The molecule has 158 valence electrons. The Morgan fingerprint density at radius 3 is 2.65 bits per heavy atom. The number of urea groups is 1. The van der Waals surface area contributed by atoms with E-state index in [0.717, 1.165) is 36.2 Å². The van der Waals surface area contributed by atoms with E-state index in [1.54, 1.807) is 18.3 Å². The molecule has 0 radical (unpaired) electrons. The molecule has 3 aromatic heterocycles. The van der Waals surface area contributed by atoms with Crippen LogP contribution in [0.5, 0.6) is 0 Å². The molecule has 0 fully saturated rings. The lowest BCUT2D eigenvalue weighted by molar-refractivity contribution is 0.252. The fourth-order valence-electron chi connectivity index (χ4n) is 3.48. The zero-order valence-electron chi connectivity index (χ0n) is 17.6. The smallest absolute Gasteiger partial charge is 0.320 e. The van der Waals surface area contributed by atoms with Crippen LogP contribution in [0.3, 0.4) is 0 Å². The molecular weight excluding hydrogens is 390 g/mol. The molecule has 0 unspecified atom stereocenters. The number of pyridine rings is 1. The van der Waals surface area contributed by atoms with Crippen LogP contribution in [0.2, 0.25) is 0 Å². The average Bonchev–Trinajstić information content (AvgIpc) is 3.11. The van der Waals surface area contributed by atoms with E-state index >= 15 is 0 Å². The quantitative estimate of drug-likeness (QED) is 0.393. The van der Waals surface area contributed by atoms with E-state index in [1.165, 1.54) is 5.56 Å². The normalized spacial score (nSPS) is 10.9. The number of benzene rings is 1. The molecule has 0 bridgehead atoms. The van der Waals surface area contributed by atoms with Crippen LogP contribution < -0.4 is 10.6 Å². The zero-order valence-corrected chi connectivity index (χ0v) is 17.6. The summed E-state index contributed by atoms with van der Waals surface area (Å²) in [6.45, 7) is 4.46. The maximum Gasteiger partial charge on any atom is 0.320 e. The van der Waals surface area contributed by atoms with Gasteiger partial charge in [0.25, 0.3) is 0 Å². The number of amides is 2. The first kappa shape index (κ1) is 20.5. The lowest BCUT2D eigenvalue weighted by Gasteiger charge is -2.08. The van der Waals surface area contributed by atoms with Crippen molar-refractivity contribution in [1.29, 1.82) is 0 Å². The van der Waals surface area contributed by atoms with E-state index in [0.29, 0.717) is 29.2 Å². The van der Waals surface area contributed by atoms with E-state index in [-0.39, 0.29) is 6.03 Å². The largest absolute Gasteiger partial charge is 0.338 e. The summed E-state index contributed by atoms with van der Waals surface area (Å²) in [5, 5.41) is 12.8. The number of aromatic nitrogens is 5. The summed E-state index contributed by atoms with van der Waals surface area (Å²) < 4.78 is 0. The number of rotatable bonds is 7. The molecule has 0 aliphatic rings. The SMILES string of the molecule is Cc1n[nH]c(C)c1-c1cnc2ccc(NC(=O)NCCCCc3ccccc3)nc2n1. The fourth-order valence-corrected chi connectivity index (χ4v) is 3.48. The highest BCUT2D eigenvalue weighted by molar-refractivity contribution is 5.89. The molecule has 3 N–H and O–H groups in total. The molecule has 8 nitrogen and oxygen atoms in total. The Bertz CT molecular complexity index is 1170. The minimum absolute atomic E-state index is 0.280. The molecule has 0 spiro atoms. The first-order chi connectivity index (χ1) is 15.1. The minimum Gasteiger partial charge on any atom is -0.338 e. The van der Waals surface area contributed by atoms with Crippen LogP contribution in [-0.2, 0) is 6.42 Å². The molecule has 0 aliphatic carbocycles. The maximum atomic E-state index is 12.2. The van der Waals surface area contributed by atoms with E-state index < -0.39 is 0 Å². The van der Waals surface area contributed by atoms with Gasteiger partial charge in [0.1, 0.15) is 11.3 Å². The molecular formula is C23H25N7O. The van der Waals surface area contributed by atoms with Gasteiger partial charge in [-0.2, -0.15) is 5.10 Å². The zero-order chi connectivity index (χ0) is 21.6. The molecule has 8 heteroatoms. The number of H-pyrrole nitrogens is 1. The number of unbranched alkanes of at least 4 members (excludes halogenated alkanes) is 1. The van der Waals surface area contributed by atoms with Gasteiger partial charge < -0.3 is 5.32 Å². The Balaban J connectivity index is 1.34. The third kappa shape index (κ3) is 5.03. The number of aromatic amines is 1. The van der Waals surface area contributed by atoms with Gasteiger partial charge in [-0.25, -0.2) is 14.8 Å². The Hall–Kier alpha value is -3.81. The van der Waals surface area contributed by atoms with E-state index in [4.69, 9.17) is 0 Å². The second-order valence-electron chi connectivity index (χ2n) is 7.43. The van der Waals surface area contributed by atoms with Crippen LogP contribution >= 0.6 is 0 Å². The monoisotopic (exact) mass is 415 g/mol. The van der Waals surface area contributed by atoms with Crippen molar-refractivity contribution in [1.82, 2.24) is 30.5 Å². The van der Waals surface area contributed by atoms with Gasteiger partial charge in [0, 0.05) is 17.8 Å². The lowest BCUT2D eigenvalue weighted by atomic mass is 10.1. The summed E-state index contributed by atoms with van der Waals surface area (Å²) in [5.74, 6) is 0.432. The number of carbonyl (C=O) groups excluding carboxylic acids is 1. The number of anilines is 1. The minimum atomic E-state index is -0.280. The number of nitrogens with one attached hydrogen (secondary N) is 3. The third-order valence-corrected chi connectivity index (χ3v) is 5.05. The summed E-state index contributed by atoms with van der Waals surface area (Å²) >= 11 is 0. The molecule has 4 rings (SSSR count). The number of nitrogens with zero attached hydrogens (tertiary/aromatic N) is 4. The number of fused-ring (bicyclic) bond motifs is 1. The van der Waals surface area contributed by atoms with Crippen molar-refractivity contribution in [2.75, 3.05) is 11.9 Å². The first-order valence-electron chi connectivity index (χ1n) is 10.3. The summed E-state index contributed by atoms with van der Waals surface area (Å²) in [6, 6.07) is 13.6. The summed E-state index contributed by atoms with van der Waals surface area (Å²) in [4.78, 5) is 25.7. The molecule has 2 amide bonds. The summed E-state index contributed by atoms with van der Waals surface area (Å²) in [6.07, 6.45) is 4.65. The Labute approximate surface area is 180 Å². The highest BCUT2D eigenvalue weighted by atomic mass is 16.2. The van der Waals surface area contributed by atoms with Crippen molar-refractivity contribution in [2.45, 2.75) is 33.1 Å². The van der Waals surface area contributed by atoms with E-state index in [9.17, 15) is 4.79 Å². The summed E-state index contributed by atoms with van der Waals surface area (Å²) in [7, 11) is 0. The second kappa shape index (κ2) is 9.34. The van der Waals surface area contributed by atoms with E-state index in [1.807, 2.05) is 32.0 Å². The van der Waals surface area contributed by atoms with Crippen LogP contribution in [0, 0.1) is 13.8 Å². The third-order valence-electron chi connectivity index (χ3n) is 5.05. The topological polar surface area (TPSA) is 108 Å². The number of aryl methyl sites for hydroxylation is 3. The predicted molar refractivity (Wildman–Crippen MR) is 121 cm³/mol. The predicted octanol–water partition coefficient (Wildman–Crippen LogP) is 4.18. The van der Waals surface area contributed by atoms with Crippen molar-refractivity contribution in [3.05, 3.63) is 65.6 Å². The van der Waals surface area contributed by atoms with Gasteiger partial charge in [0.15, 0.2) is 5.65 Å². The van der Waals surface area contributed by atoms with Gasteiger partial charge in [-0.3, -0.25) is 15.4 Å². The number of carbonyl (C=O) groups is 1. The van der Waals surface area contributed by atoms with Crippen LogP contribution in [-0.4, -0.2) is 37.7 Å². The van der Waals surface area contributed by atoms with Gasteiger partial charge in [0.05, 0.1) is 17.6 Å². The fraction of sp³-hybridized carbons (Fsp3) is 0.261. The average molecular weight is 416 g/mol. The highest BCUT2D eigenvalue weighted by Crippen LogP contribution is 2.24. The molecule has 3 heterocycles. The van der Waals surface area contributed by atoms with Crippen molar-refractivity contribution in [2.24, 2.45) is 0 Å². The van der Waals surface area contributed by atoms with Gasteiger partial charge in [-0.1, -0.05) is 30.3 Å². The van der Waals surface area contributed by atoms with Crippen molar-refractivity contribution in [3.8, 4) is 11.3 Å². The molecule has 0 aliphatic heterocycles. The Morgan fingerprint density at radius 1 is 1.03 bits per heavy atom. The van der Waals surface area contributed by atoms with Crippen LogP contribution in [0.4, 0.5) is 10.6 Å².